The third-order valence-corrected chi connectivity index (χ3v) is 4.61. The van der Waals surface area contributed by atoms with Crippen LogP contribution in [-0.4, -0.2) is 28.9 Å². The SMILES string of the molecule is O=C(Nc1ccnn1Cc1ccccc1Br)C1CCOCC1. The minimum absolute atomic E-state index is 0.0283. The van der Waals surface area contributed by atoms with Crippen molar-refractivity contribution in [3.8, 4) is 0 Å². The Hall–Kier alpha value is -1.66. The third-order valence-electron chi connectivity index (χ3n) is 3.84. The normalized spacial score (nSPS) is 15.7. The van der Waals surface area contributed by atoms with E-state index in [2.05, 4.69) is 26.3 Å². The van der Waals surface area contributed by atoms with E-state index >= 15 is 0 Å². The molecule has 0 saturated carbocycles. The molecule has 0 unspecified atom stereocenters. The summed E-state index contributed by atoms with van der Waals surface area (Å²) in [5.41, 5.74) is 1.12. The quantitative estimate of drug-likeness (QED) is 0.907. The number of hydrogen-bond acceptors (Lipinski definition) is 3. The van der Waals surface area contributed by atoms with Gasteiger partial charge in [-0.05, 0) is 24.5 Å². The molecule has 22 heavy (non-hydrogen) atoms. The van der Waals surface area contributed by atoms with E-state index in [9.17, 15) is 4.79 Å². The van der Waals surface area contributed by atoms with Crippen LogP contribution in [0.15, 0.2) is 41.0 Å². The highest BCUT2D eigenvalue weighted by Gasteiger charge is 2.22. The van der Waals surface area contributed by atoms with Gasteiger partial charge in [-0.1, -0.05) is 34.1 Å². The van der Waals surface area contributed by atoms with Crippen LogP contribution < -0.4 is 5.32 Å². The number of amides is 1. The number of rotatable bonds is 4. The first kappa shape index (κ1) is 15.2. The molecule has 1 saturated heterocycles. The van der Waals surface area contributed by atoms with Crippen LogP contribution in [0.25, 0.3) is 0 Å². The van der Waals surface area contributed by atoms with Crippen molar-refractivity contribution in [2.45, 2.75) is 19.4 Å². The second-order valence-electron chi connectivity index (χ2n) is 5.34. The Bertz CT molecular complexity index is 650. The highest BCUT2D eigenvalue weighted by Crippen LogP contribution is 2.20. The fraction of sp³-hybridized carbons (Fsp3) is 0.375. The van der Waals surface area contributed by atoms with E-state index in [4.69, 9.17) is 4.74 Å². The molecule has 116 valence electrons. The minimum atomic E-state index is 0.0283. The summed E-state index contributed by atoms with van der Waals surface area (Å²) < 4.78 is 8.14. The number of ether oxygens (including phenoxy) is 1. The third kappa shape index (κ3) is 3.56. The van der Waals surface area contributed by atoms with Gasteiger partial charge in [0, 0.05) is 29.7 Å². The van der Waals surface area contributed by atoms with Crippen LogP contribution in [0.2, 0.25) is 0 Å². The average molecular weight is 364 g/mol. The summed E-state index contributed by atoms with van der Waals surface area (Å²) >= 11 is 3.54. The summed E-state index contributed by atoms with van der Waals surface area (Å²) in [6.45, 7) is 1.93. The van der Waals surface area contributed by atoms with Crippen LogP contribution in [0.3, 0.4) is 0 Å². The van der Waals surface area contributed by atoms with Crippen molar-refractivity contribution >= 4 is 27.7 Å². The van der Waals surface area contributed by atoms with E-state index in [1.54, 1.807) is 10.9 Å². The molecule has 5 nitrogen and oxygen atoms in total. The molecule has 0 atom stereocenters. The average Bonchev–Trinajstić information content (AvgIpc) is 2.97. The molecule has 1 aliphatic rings. The first-order chi connectivity index (χ1) is 10.7. The Labute approximate surface area is 137 Å². The zero-order chi connectivity index (χ0) is 15.4. The Balaban J connectivity index is 1.69. The lowest BCUT2D eigenvalue weighted by Crippen LogP contribution is -2.29. The van der Waals surface area contributed by atoms with Crippen molar-refractivity contribution in [2.75, 3.05) is 18.5 Å². The number of hydrogen-bond donors (Lipinski definition) is 1. The van der Waals surface area contributed by atoms with Crippen molar-refractivity contribution in [3.05, 3.63) is 46.6 Å². The van der Waals surface area contributed by atoms with Gasteiger partial charge in [-0.25, -0.2) is 4.68 Å². The van der Waals surface area contributed by atoms with Crippen LogP contribution in [0.4, 0.5) is 5.82 Å². The molecule has 2 aromatic rings. The van der Waals surface area contributed by atoms with E-state index in [-0.39, 0.29) is 11.8 Å². The fourth-order valence-corrected chi connectivity index (χ4v) is 2.95. The van der Waals surface area contributed by atoms with Gasteiger partial charge in [0.25, 0.3) is 0 Å². The number of carbonyl (C=O) groups excluding carboxylic acids is 1. The maximum Gasteiger partial charge on any atom is 0.228 e. The molecule has 1 amide bonds. The number of aromatic nitrogens is 2. The van der Waals surface area contributed by atoms with Crippen LogP contribution >= 0.6 is 15.9 Å². The molecule has 2 heterocycles. The van der Waals surface area contributed by atoms with Gasteiger partial charge in [0.15, 0.2) is 0 Å². The lowest BCUT2D eigenvalue weighted by Gasteiger charge is -2.21. The lowest BCUT2D eigenvalue weighted by atomic mass is 9.99. The van der Waals surface area contributed by atoms with E-state index in [0.29, 0.717) is 19.8 Å². The maximum absolute atomic E-state index is 12.3. The first-order valence-corrected chi connectivity index (χ1v) is 8.17. The molecule has 6 heteroatoms. The van der Waals surface area contributed by atoms with Gasteiger partial charge in [-0.2, -0.15) is 5.10 Å². The molecular weight excluding hydrogens is 346 g/mol. The molecule has 0 spiro atoms. The molecule has 1 N–H and O–H groups in total. The fourth-order valence-electron chi connectivity index (χ4n) is 2.54. The van der Waals surface area contributed by atoms with Gasteiger partial charge >= 0.3 is 0 Å². The standard InChI is InChI=1S/C16H18BrN3O2/c17-14-4-2-1-3-13(14)11-20-15(5-8-18-20)19-16(21)12-6-9-22-10-7-12/h1-5,8,12H,6-7,9-11H2,(H,19,21). The molecule has 0 aliphatic carbocycles. The van der Waals surface area contributed by atoms with Crippen molar-refractivity contribution in [3.63, 3.8) is 0 Å². The van der Waals surface area contributed by atoms with Crippen LogP contribution in [0.1, 0.15) is 18.4 Å². The number of nitrogens with zero attached hydrogens (tertiary/aromatic N) is 2. The highest BCUT2D eigenvalue weighted by atomic mass is 79.9. The topological polar surface area (TPSA) is 56.2 Å². The summed E-state index contributed by atoms with van der Waals surface area (Å²) in [5, 5.41) is 7.30. The molecule has 1 aromatic heterocycles. The van der Waals surface area contributed by atoms with Crippen LogP contribution in [0.5, 0.6) is 0 Å². The van der Waals surface area contributed by atoms with Crippen molar-refractivity contribution in [2.24, 2.45) is 5.92 Å². The van der Waals surface area contributed by atoms with Gasteiger partial charge in [0.2, 0.25) is 5.91 Å². The number of anilines is 1. The number of benzene rings is 1. The molecule has 3 rings (SSSR count). The van der Waals surface area contributed by atoms with Gasteiger partial charge in [-0.3, -0.25) is 4.79 Å². The Morgan fingerprint density at radius 1 is 1.32 bits per heavy atom. The van der Waals surface area contributed by atoms with Gasteiger partial charge in [0.05, 0.1) is 12.7 Å². The number of halogens is 1. The Morgan fingerprint density at radius 2 is 2.09 bits per heavy atom. The molecule has 1 fully saturated rings. The summed E-state index contributed by atoms with van der Waals surface area (Å²) in [6, 6.07) is 9.83. The first-order valence-electron chi connectivity index (χ1n) is 7.38. The summed E-state index contributed by atoms with van der Waals surface area (Å²) in [5.74, 6) is 0.810. The van der Waals surface area contributed by atoms with Gasteiger partial charge < -0.3 is 10.1 Å². The minimum Gasteiger partial charge on any atom is -0.381 e. The summed E-state index contributed by atoms with van der Waals surface area (Å²) in [4.78, 5) is 12.3. The van der Waals surface area contributed by atoms with Gasteiger partial charge in [0.1, 0.15) is 5.82 Å². The van der Waals surface area contributed by atoms with Crippen molar-refractivity contribution in [1.82, 2.24) is 9.78 Å². The predicted octanol–water partition coefficient (Wildman–Crippen LogP) is 3.06. The van der Waals surface area contributed by atoms with Gasteiger partial charge in [-0.15, -0.1) is 0 Å². The van der Waals surface area contributed by atoms with E-state index in [1.807, 2.05) is 30.3 Å². The molecule has 0 bridgehead atoms. The second kappa shape index (κ2) is 7.07. The number of nitrogens with one attached hydrogen (secondary N) is 1. The summed E-state index contributed by atoms with van der Waals surface area (Å²) in [7, 11) is 0. The zero-order valence-electron chi connectivity index (χ0n) is 12.2. The maximum atomic E-state index is 12.3. The van der Waals surface area contributed by atoms with E-state index in [1.165, 1.54) is 0 Å². The van der Waals surface area contributed by atoms with E-state index in [0.717, 1.165) is 28.7 Å². The molecule has 1 aromatic carbocycles. The zero-order valence-corrected chi connectivity index (χ0v) is 13.8. The van der Waals surface area contributed by atoms with Crippen molar-refractivity contribution < 1.29 is 9.53 Å². The van der Waals surface area contributed by atoms with Crippen molar-refractivity contribution in [1.29, 1.82) is 0 Å². The number of carbonyl (C=O) groups is 1. The summed E-state index contributed by atoms with van der Waals surface area (Å²) in [6.07, 6.45) is 3.27. The Kier molecular flexibility index (Phi) is 4.90. The molecule has 0 radical (unpaired) electrons. The second-order valence-corrected chi connectivity index (χ2v) is 6.20. The lowest BCUT2D eigenvalue weighted by molar-refractivity contribution is -0.122. The largest absolute Gasteiger partial charge is 0.381 e. The highest BCUT2D eigenvalue weighted by molar-refractivity contribution is 9.10. The Morgan fingerprint density at radius 3 is 2.86 bits per heavy atom. The van der Waals surface area contributed by atoms with Crippen LogP contribution in [0, 0.1) is 5.92 Å². The van der Waals surface area contributed by atoms with Crippen LogP contribution in [-0.2, 0) is 16.1 Å². The van der Waals surface area contributed by atoms with E-state index < -0.39 is 0 Å². The smallest absolute Gasteiger partial charge is 0.228 e. The monoisotopic (exact) mass is 363 g/mol. The molecular formula is C16H18BrN3O2. The molecule has 1 aliphatic heterocycles. The predicted molar refractivity (Wildman–Crippen MR) is 87.6 cm³/mol.